The molecule has 2 unspecified atom stereocenters. The maximum atomic E-state index is 12.4. The summed E-state index contributed by atoms with van der Waals surface area (Å²) in [6, 6.07) is 8.64. The number of rotatable bonds is 6. The Hall–Kier alpha value is -2.21. The molecule has 1 aliphatic heterocycles. The number of hydrogen-bond donors (Lipinski definition) is 1. The number of aromatic nitrogens is 3. The van der Waals surface area contributed by atoms with Crippen molar-refractivity contribution in [3.8, 4) is 11.3 Å². The number of benzene rings is 1. The van der Waals surface area contributed by atoms with E-state index >= 15 is 0 Å². The minimum absolute atomic E-state index is 0.0728. The van der Waals surface area contributed by atoms with E-state index in [9.17, 15) is 4.79 Å². The van der Waals surface area contributed by atoms with Crippen LogP contribution in [0.5, 0.6) is 0 Å². The smallest absolute Gasteiger partial charge is 0.236 e. The van der Waals surface area contributed by atoms with Crippen LogP contribution in [0.25, 0.3) is 11.3 Å². The highest BCUT2D eigenvalue weighted by molar-refractivity contribution is 5.75. The largest absolute Gasteiger partial charge is 0.275 e. The first-order valence-electron chi connectivity index (χ1n) is 10.0. The lowest BCUT2D eigenvalue weighted by Crippen LogP contribution is -2.55. The van der Waals surface area contributed by atoms with Crippen molar-refractivity contribution >= 4 is 5.91 Å². The van der Waals surface area contributed by atoms with Gasteiger partial charge in [0.25, 0.3) is 0 Å². The Morgan fingerprint density at radius 3 is 2.85 bits per heavy atom. The topological polar surface area (TPSA) is 65.1 Å². The zero-order chi connectivity index (χ0) is 19.4. The summed E-state index contributed by atoms with van der Waals surface area (Å²) < 4.78 is 0. The molecule has 2 aromatic rings. The van der Waals surface area contributed by atoms with E-state index in [4.69, 9.17) is 0 Å². The maximum Gasteiger partial charge on any atom is 0.236 e. The van der Waals surface area contributed by atoms with Gasteiger partial charge in [0.05, 0.1) is 0 Å². The number of piperidine rings is 1. The zero-order valence-electron chi connectivity index (χ0n) is 16.9. The first-order valence-corrected chi connectivity index (χ1v) is 10.0. The van der Waals surface area contributed by atoms with Crippen LogP contribution < -0.4 is 0 Å². The molecule has 0 spiro atoms. The molecular weight excluding hydrogens is 338 g/mol. The predicted octanol–water partition coefficient (Wildman–Crippen LogP) is 3.63. The van der Waals surface area contributed by atoms with Crippen LogP contribution in [0.2, 0.25) is 0 Å². The third-order valence-electron chi connectivity index (χ3n) is 6.06. The number of carbonyl (C=O) groups is 1. The third-order valence-corrected chi connectivity index (χ3v) is 6.06. The number of H-pyrrole nitrogens is 1. The van der Waals surface area contributed by atoms with Crippen molar-refractivity contribution in [3.05, 3.63) is 36.0 Å². The Labute approximate surface area is 161 Å². The summed E-state index contributed by atoms with van der Waals surface area (Å²) >= 11 is 0. The van der Waals surface area contributed by atoms with Crippen molar-refractivity contribution in [2.45, 2.75) is 52.4 Å². The lowest BCUT2D eigenvalue weighted by molar-refractivity contribution is -0.154. The molecule has 6 heteroatoms. The molecule has 2 heterocycles. The summed E-state index contributed by atoms with van der Waals surface area (Å²) in [4.78, 5) is 12.4. The third kappa shape index (κ3) is 3.90. The number of carbonyl (C=O) groups excluding carboxylic acids is 1. The van der Waals surface area contributed by atoms with E-state index in [0.29, 0.717) is 12.3 Å². The Kier molecular flexibility index (Phi) is 5.95. The highest BCUT2D eigenvalue weighted by Crippen LogP contribution is 2.40. The minimum atomic E-state index is 0.0728. The molecule has 0 saturated carbocycles. The summed E-state index contributed by atoms with van der Waals surface area (Å²) in [6.07, 6.45) is 4.38. The van der Waals surface area contributed by atoms with Crippen molar-refractivity contribution in [1.29, 1.82) is 0 Å². The molecule has 0 aliphatic carbocycles. The van der Waals surface area contributed by atoms with Crippen LogP contribution >= 0.6 is 0 Å². The summed E-state index contributed by atoms with van der Waals surface area (Å²) in [5, 5.41) is 15.0. The SMILES string of the molecule is CCCN(C(=O)CC)N1CCC(C)(c2cccc(-c3c[nH]nn3)c2)C(C)C1. The highest BCUT2D eigenvalue weighted by Gasteiger charge is 2.40. The van der Waals surface area contributed by atoms with Crippen LogP contribution in [0.4, 0.5) is 0 Å². The Balaban J connectivity index is 1.80. The van der Waals surface area contributed by atoms with Gasteiger partial charge < -0.3 is 0 Å². The van der Waals surface area contributed by atoms with Crippen LogP contribution in [0, 0.1) is 5.92 Å². The summed E-state index contributed by atoms with van der Waals surface area (Å²) in [7, 11) is 0. The highest BCUT2D eigenvalue weighted by atomic mass is 16.2. The molecule has 0 bridgehead atoms. The molecule has 27 heavy (non-hydrogen) atoms. The van der Waals surface area contributed by atoms with Crippen molar-refractivity contribution in [3.63, 3.8) is 0 Å². The molecule has 1 N–H and O–H groups in total. The van der Waals surface area contributed by atoms with Gasteiger partial charge in [0.2, 0.25) is 5.91 Å². The van der Waals surface area contributed by atoms with Gasteiger partial charge in [0.1, 0.15) is 5.69 Å². The first kappa shape index (κ1) is 19.5. The quantitative estimate of drug-likeness (QED) is 0.844. The van der Waals surface area contributed by atoms with Gasteiger partial charge in [-0.2, -0.15) is 0 Å². The van der Waals surface area contributed by atoms with Crippen molar-refractivity contribution < 1.29 is 4.79 Å². The fourth-order valence-corrected chi connectivity index (χ4v) is 4.06. The van der Waals surface area contributed by atoms with Crippen LogP contribution in [-0.4, -0.2) is 51.0 Å². The number of nitrogens with one attached hydrogen (secondary N) is 1. The lowest BCUT2D eigenvalue weighted by atomic mass is 9.68. The van der Waals surface area contributed by atoms with E-state index < -0.39 is 0 Å². The second-order valence-electron chi connectivity index (χ2n) is 7.79. The number of aromatic amines is 1. The van der Waals surface area contributed by atoms with Gasteiger partial charge in [-0.25, -0.2) is 5.01 Å². The lowest BCUT2D eigenvalue weighted by Gasteiger charge is -2.48. The number of hydrazine groups is 1. The van der Waals surface area contributed by atoms with Gasteiger partial charge in [-0.3, -0.25) is 14.9 Å². The normalized spacial score (nSPS) is 23.3. The Morgan fingerprint density at radius 2 is 2.22 bits per heavy atom. The Morgan fingerprint density at radius 1 is 1.41 bits per heavy atom. The van der Waals surface area contributed by atoms with E-state index in [-0.39, 0.29) is 11.3 Å². The predicted molar refractivity (Wildman–Crippen MR) is 107 cm³/mol. The fraction of sp³-hybridized carbons (Fsp3) is 0.571. The van der Waals surface area contributed by atoms with Gasteiger partial charge in [-0.15, -0.1) is 5.10 Å². The van der Waals surface area contributed by atoms with Crippen LogP contribution in [0.3, 0.4) is 0 Å². The molecule has 1 fully saturated rings. The molecule has 1 aromatic heterocycles. The van der Waals surface area contributed by atoms with Gasteiger partial charge >= 0.3 is 0 Å². The molecule has 146 valence electrons. The molecule has 1 saturated heterocycles. The van der Waals surface area contributed by atoms with E-state index in [2.05, 4.69) is 65.5 Å². The molecule has 2 atom stereocenters. The monoisotopic (exact) mass is 369 g/mol. The van der Waals surface area contributed by atoms with Crippen LogP contribution in [-0.2, 0) is 10.2 Å². The van der Waals surface area contributed by atoms with E-state index in [0.717, 1.165) is 43.7 Å². The second-order valence-corrected chi connectivity index (χ2v) is 7.79. The standard InChI is InChI=1S/C21H31N5O/c1-5-11-26(20(27)6-2)25-12-10-21(4,16(3)15-25)18-9-7-8-17(13-18)19-14-22-24-23-19/h7-9,13-14,16H,5-6,10-12,15H2,1-4H3,(H,22,23,24). The van der Waals surface area contributed by atoms with Gasteiger partial charge in [-0.1, -0.05) is 51.1 Å². The van der Waals surface area contributed by atoms with Crippen molar-refractivity contribution in [2.24, 2.45) is 5.92 Å². The van der Waals surface area contributed by atoms with E-state index in [1.165, 1.54) is 5.56 Å². The summed E-state index contributed by atoms with van der Waals surface area (Å²) in [6.45, 7) is 11.3. The number of hydrogen-bond acceptors (Lipinski definition) is 4. The first-order chi connectivity index (χ1) is 13.0. The van der Waals surface area contributed by atoms with E-state index in [1.807, 2.05) is 18.1 Å². The molecule has 3 rings (SSSR count). The minimum Gasteiger partial charge on any atom is -0.275 e. The Bertz CT molecular complexity index is 760. The molecular formula is C21H31N5O. The van der Waals surface area contributed by atoms with Crippen molar-refractivity contribution in [1.82, 2.24) is 25.4 Å². The second kappa shape index (κ2) is 8.21. The molecule has 1 aromatic carbocycles. The van der Waals surface area contributed by atoms with Crippen molar-refractivity contribution in [2.75, 3.05) is 19.6 Å². The molecule has 0 radical (unpaired) electrons. The van der Waals surface area contributed by atoms with Crippen LogP contribution in [0.15, 0.2) is 30.5 Å². The van der Waals surface area contributed by atoms with Crippen LogP contribution in [0.1, 0.15) is 52.5 Å². The summed E-state index contributed by atoms with van der Waals surface area (Å²) in [5.41, 5.74) is 3.36. The molecule has 1 amide bonds. The summed E-state index contributed by atoms with van der Waals surface area (Å²) in [5.74, 6) is 0.656. The number of amides is 1. The molecule has 6 nitrogen and oxygen atoms in total. The zero-order valence-corrected chi connectivity index (χ0v) is 16.9. The van der Waals surface area contributed by atoms with Gasteiger partial charge in [0, 0.05) is 37.8 Å². The number of nitrogens with zero attached hydrogens (tertiary/aromatic N) is 4. The van der Waals surface area contributed by atoms with E-state index in [1.54, 1.807) is 0 Å². The molecule has 1 aliphatic rings. The van der Waals surface area contributed by atoms with Gasteiger partial charge in [0.15, 0.2) is 0 Å². The average molecular weight is 370 g/mol. The average Bonchev–Trinajstić information content (AvgIpc) is 3.23. The maximum absolute atomic E-state index is 12.4. The fourth-order valence-electron chi connectivity index (χ4n) is 4.06. The van der Waals surface area contributed by atoms with Gasteiger partial charge in [-0.05, 0) is 35.8 Å².